The fraction of sp³-hybridized carbons (Fsp3) is 0.247. The zero-order chi connectivity index (χ0) is 79.7. The molecule has 3 heterocycles. The van der Waals surface area contributed by atoms with Crippen molar-refractivity contribution in [2.75, 3.05) is 9.80 Å². The van der Waals surface area contributed by atoms with Crippen LogP contribution in [-0.2, 0) is 32.5 Å². The van der Waals surface area contributed by atoms with Crippen molar-refractivity contribution in [3.05, 3.63) is 287 Å². The molecule has 2 aliphatic heterocycles. The van der Waals surface area contributed by atoms with Crippen molar-refractivity contribution in [2.45, 2.75) is 157 Å². The molecule has 0 N–H and O–H groups in total. The van der Waals surface area contributed by atoms with Gasteiger partial charge in [0.15, 0.2) is 0 Å². The molecule has 15 rings (SSSR count). The van der Waals surface area contributed by atoms with E-state index in [-0.39, 0.29) is 69.0 Å². The highest BCUT2D eigenvalue weighted by molar-refractivity contribution is 7.00. The van der Waals surface area contributed by atoms with E-state index in [2.05, 4.69) is 270 Å². The van der Waals surface area contributed by atoms with Crippen molar-refractivity contribution in [1.82, 2.24) is 4.57 Å². The molecule has 0 fully saturated rings. The van der Waals surface area contributed by atoms with Crippen LogP contribution in [0.5, 0.6) is 0 Å². The van der Waals surface area contributed by atoms with Gasteiger partial charge in [-0.1, -0.05) is 306 Å². The van der Waals surface area contributed by atoms with Gasteiger partial charge in [0.1, 0.15) is 6.07 Å². The van der Waals surface area contributed by atoms with Gasteiger partial charge < -0.3 is 14.4 Å². The zero-order valence-electron chi connectivity index (χ0n) is 71.3. The molecule has 12 aromatic carbocycles. The Labute approximate surface area is 619 Å². The third kappa shape index (κ3) is 11.9. The van der Waals surface area contributed by atoms with Crippen LogP contribution >= 0.6 is 0 Å². The van der Waals surface area contributed by atoms with Crippen molar-refractivity contribution in [2.24, 2.45) is 0 Å². The van der Waals surface area contributed by atoms with Crippen molar-refractivity contribution in [3.63, 3.8) is 0 Å². The molecule has 0 saturated heterocycles. The highest BCUT2D eigenvalue weighted by Crippen LogP contribution is 2.54. The minimum atomic E-state index is -0.783. The number of hydrogen-bond donors (Lipinski definition) is 0. The molecule has 0 radical (unpaired) electrons. The SMILES string of the molecule is [2H]c1c([2H])c([2H])c(-c2ccc3c(c2)N(c2c(-c4ccccc4)cc(C(C)(C)C)cc2-c2c([2H])c([2H])c(C(C)(C)C)c([2H])c2[2H])c2cc(-c4cc(C(C)(C)C)cc(C(C)(C)C)c4)cc4c2B3c2ccc(-c3cc(C(C)(C)C)cc(C(C)(C)C)c3)cc2N4c2ccc(C#N)c(-n3c4ccccc4c4ccccc43)c2)c([2H])c1[2H]. The van der Waals surface area contributed by atoms with Crippen LogP contribution in [0.15, 0.2) is 249 Å². The number of rotatable bonds is 8. The molecule has 4 nitrogen and oxygen atoms in total. The van der Waals surface area contributed by atoms with Gasteiger partial charge in [0, 0.05) is 50.3 Å². The predicted molar refractivity (Wildman–Crippen MR) is 439 cm³/mol. The summed E-state index contributed by atoms with van der Waals surface area (Å²) in [6.07, 6.45) is 0. The smallest absolute Gasteiger partial charge is 0.252 e. The van der Waals surface area contributed by atoms with Crippen LogP contribution in [0.25, 0.3) is 83.1 Å². The van der Waals surface area contributed by atoms with E-state index in [1.54, 1.807) is 0 Å². The first kappa shape index (κ1) is 57.2. The number of nitriles is 1. The third-order valence-electron chi connectivity index (χ3n) is 21.0. The molecule has 1 aromatic heterocycles. The standard InChI is InChI=1S/C97H95BN4/c1-92(2,3)70-42-37-63(38-43-70)80-58-75(97(16,17)18)57-79(62-31-23-20-24-32-62)91(80)102-87-51-64(61-29-21-19-22-30-61)40-45-82(87)98-81-46-41-65(67-47-71(93(4,5)6)55-72(48-67)94(7,8)9)52-86(81)100(88-53-69(54-89(102)90(88)98)68-49-73(95(10,11)12)56-74(50-68)96(13,14)15)76-44-39-66(60-99)85(59-76)101-83-35-27-25-33-77(83)78-34-26-28-36-84(78)101/h19-59H,1-18H3/i19D,21D,22D,29D,30D,37D,38D,42D,43D. The van der Waals surface area contributed by atoms with E-state index in [1.165, 1.54) is 11.1 Å². The normalized spacial score (nSPS) is 14.6. The van der Waals surface area contributed by atoms with E-state index in [4.69, 9.17) is 1.37 Å². The van der Waals surface area contributed by atoms with E-state index >= 15 is 0 Å². The zero-order valence-corrected chi connectivity index (χ0v) is 62.3. The quantitative estimate of drug-likeness (QED) is 0.142. The summed E-state index contributed by atoms with van der Waals surface area (Å²) in [5.41, 5.74) is 19.8. The summed E-state index contributed by atoms with van der Waals surface area (Å²) < 4.78 is 89.8. The molecule has 5 heteroatoms. The Hall–Kier alpha value is -10.4. The highest BCUT2D eigenvalue weighted by Gasteiger charge is 2.46. The van der Waals surface area contributed by atoms with Crippen molar-refractivity contribution >= 4 is 79.0 Å². The first-order chi connectivity index (χ1) is 52.1. The Morgan fingerprint density at radius 1 is 0.324 bits per heavy atom. The molecular weight excluding hydrogens is 1230 g/mol. The lowest BCUT2D eigenvalue weighted by Crippen LogP contribution is -2.61. The maximum atomic E-state index is 11.5. The van der Waals surface area contributed by atoms with E-state index in [1.807, 2.05) is 69.3 Å². The maximum Gasteiger partial charge on any atom is 0.252 e. The van der Waals surface area contributed by atoms with Gasteiger partial charge in [0.05, 0.1) is 40.3 Å². The molecule has 0 unspecified atom stereocenters. The van der Waals surface area contributed by atoms with Crippen LogP contribution in [0.4, 0.5) is 34.1 Å². The van der Waals surface area contributed by atoms with Gasteiger partial charge in [-0.2, -0.15) is 5.26 Å². The topological polar surface area (TPSA) is 35.2 Å². The molecule has 2 aliphatic rings. The lowest BCUT2D eigenvalue weighted by Gasteiger charge is -2.45. The van der Waals surface area contributed by atoms with Crippen LogP contribution in [0.3, 0.4) is 0 Å². The van der Waals surface area contributed by atoms with Gasteiger partial charge in [0.25, 0.3) is 6.71 Å². The number of hydrogen-bond acceptors (Lipinski definition) is 3. The molecule has 0 amide bonds. The average Bonchev–Trinajstić information content (AvgIpc) is 1.02. The number of aromatic nitrogens is 1. The first-order valence-electron chi connectivity index (χ1n) is 40.4. The molecule has 13 aromatic rings. The van der Waals surface area contributed by atoms with E-state index in [9.17, 15) is 16.2 Å². The molecule has 0 saturated carbocycles. The summed E-state index contributed by atoms with van der Waals surface area (Å²) in [6.45, 7) is 38.6. The van der Waals surface area contributed by atoms with E-state index in [0.29, 0.717) is 45.0 Å². The Morgan fingerprint density at radius 3 is 1.25 bits per heavy atom. The lowest BCUT2D eigenvalue weighted by atomic mass is 9.33. The van der Waals surface area contributed by atoms with Crippen molar-refractivity contribution < 1.29 is 12.3 Å². The summed E-state index contributed by atoms with van der Waals surface area (Å²) in [5, 5.41) is 13.6. The largest absolute Gasteiger partial charge is 0.311 e. The number of anilines is 6. The van der Waals surface area contributed by atoms with Crippen LogP contribution in [0, 0.1) is 11.3 Å². The van der Waals surface area contributed by atoms with Gasteiger partial charge in [-0.25, -0.2) is 0 Å². The second-order valence-electron chi connectivity index (χ2n) is 34.4. The van der Waals surface area contributed by atoms with Gasteiger partial charge in [-0.15, -0.1) is 0 Å². The molecule has 0 aliphatic carbocycles. The van der Waals surface area contributed by atoms with Crippen molar-refractivity contribution in [3.8, 4) is 67.4 Å². The van der Waals surface area contributed by atoms with Crippen LogP contribution < -0.4 is 26.2 Å². The number of para-hydroxylation sites is 2. The van der Waals surface area contributed by atoms with Crippen LogP contribution in [-0.4, -0.2) is 11.3 Å². The second-order valence-corrected chi connectivity index (χ2v) is 34.4. The molecule has 0 bridgehead atoms. The Kier molecular flexibility index (Phi) is 13.7. The fourth-order valence-corrected chi connectivity index (χ4v) is 15.0. The summed E-state index contributed by atoms with van der Waals surface area (Å²) in [6, 6.07) is 68.5. The molecule has 0 atom stereocenters. The van der Waals surface area contributed by atoms with Crippen LogP contribution in [0.1, 0.15) is 176 Å². The average molecular weight is 1340 g/mol. The van der Waals surface area contributed by atoms with E-state index < -0.39 is 35.7 Å². The Morgan fingerprint density at radius 2 is 0.745 bits per heavy atom. The summed E-state index contributed by atoms with van der Waals surface area (Å²) in [4.78, 5) is 4.64. The minimum absolute atomic E-state index is 0.0217. The lowest BCUT2D eigenvalue weighted by molar-refractivity contribution is 0.568. The number of fused-ring (bicyclic) bond motifs is 7. The predicted octanol–water partition coefficient (Wildman–Crippen LogP) is 24.9. The molecule has 102 heavy (non-hydrogen) atoms. The molecule has 506 valence electrons. The van der Waals surface area contributed by atoms with Gasteiger partial charge in [0.2, 0.25) is 0 Å². The number of nitrogens with zero attached hydrogens (tertiary/aromatic N) is 4. The Bertz CT molecular complexity index is 5940. The Balaban J connectivity index is 1.18. The fourth-order valence-electron chi connectivity index (χ4n) is 15.0. The van der Waals surface area contributed by atoms with Gasteiger partial charge in [-0.3, -0.25) is 0 Å². The monoisotopic (exact) mass is 1340 g/mol. The third-order valence-corrected chi connectivity index (χ3v) is 21.0. The number of benzene rings is 12. The molecular formula is C97H95BN4. The highest BCUT2D eigenvalue weighted by atomic mass is 15.2. The maximum absolute atomic E-state index is 11.5. The minimum Gasteiger partial charge on any atom is -0.311 e. The second kappa shape index (κ2) is 24.4. The van der Waals surface area contributed by atoms with E-state index in [0.717, 1.165) is 105 Å². The molecule has 0 spiro atoms. The summed E-state index contributed by atoms with van der Waals surface area (Å²) >= 11 is 0. The van der Waals surface area contributed by atoms with Gasteiger partial charge >= 0.3 is 0 Å². The first-order valence-corrected chi connectivity index (χ1v) is 35.9. The van der Waals surface area contributed by atoms with Crippen molar-refractivity contribution in [1.29, 1.82) is 5.26 Å². The van der Waals surface area contributed by atoms with Crippen LogP contribution in [0.2, 0.25) is 0 Å². The summed E-state index contributed by atoms with van der Waals surface area (Å²) in [5.74, 6) is 0. The summed E-state index contributed by atoms with van der Waals surface area (Å²) in [7, 11) is 0. The van der Waals surface area contributed by atoms with Gasteiger partial charge in [-0.05, 0) is 193 Å².